The Morgan fingerprint density at radius 1 is 1.67 bits per heavy atom. The molecular formula is C10H9ClN2OS. The number of halogens is 1. The molecule has 15 heavy (non-hydrogen) atoms. The van der Waals surface area contributed by atoms with Gasteiger partial charge in [-0.1, -0.05) is 17.7 Å². The molecule has 5 heteroatoms. The molecule has 0 aliphatic heterocycles. The number of rotatable bonds is 3. The topological polar surface area (TPSA) is 34.9 Å². The molecular weight excluding hydrogens is 232 g/mol. The number of aromatic nitrogens is 2. The largest absolute Gasteiger partial charge is 0.291 e. The van der Waals surface area contributed by atoms with Crippen molar-refractivity contribution in [1.82, 2.24) is 9.78 Å². The molecule has 0 amide bonds. The lowest BCUT2D eigenvalue weighted by Gasteiger charge is -1.97. The van der Waals surface area contributed by atoms with E-state index in [0.29, 0.717) is 5.02 Å². The Kier molecular flexibility index (Phi) is 2.88. The van der Waals surface area contributed by atoms with Gasteiger partial charge in [-0.3, -0.25) is 9.48 Å². The molecule has 0 unspecified atom stereocenters. The zero-order valence-corrected chi connectivity index (χ0v) is 9.68. The van der Waals surface area contributed by atoms with Crippen molar-refractivity contribution in [3.8, 4) is 0 Å². The van der Waals surface area contributed by atoms with Gasteiger partial charge in [-0.15, -0.1) is 11.3 Å². The van der Waals surface area contributed by atoms with Gasteiger partial charge in [0.15, 0.2) is 5.78 Å². The van der Waals surface area contributed by atoms with Crippen molar-refractivity contribution in [2.45, 2.75) is 13.5 Å². The van der Waals surface area contributed by atoms with E-state index in [1.54, 1.807) is 10.9 Å². The minimum Gasteiger partial charge on any atom is -0.291 e. The summed E-state index contributed by atoms with van der Waals surface area (Å²) in [4.78, 5) is 12.5. The molecule has 0 aliphatic carbocycles. The number of nitrogens with zero attached hydrogens (tertiary/aromatic N) is 2. The van der Waals surface area contributed by atoms with E-state index in [9.17, 15) is 4.79 Å². The van der Waals surface area contributed by atoms with Gasteiger partial charge in [0.2, 0.25) is 0 Å². The fourth-order valence-electron chi connectivity index (χ4n) is 1.24. The zero-order chi connectivity index (χ0) is 10.8. The molecule has 0 spiro atoms. The van der Waals surface area contributed by atoms with Crippen molar-refractivity contribution in [1.29, 1.82) is 0 Å². The normalized spacial score (nSPS) is 10.5. The van der Waals surface area contributed by atoms with Crippen LogP contribution in [0.2, 0.25) is 5.02 Å². The molecule has 0 bridgehead atoms. The van der Waals surface area contributed by atoms with Gasteiger partial charge >= 0.3 is 0 Å². The van der Waals surface area contributed by atoms with Gasteiger partial charge in [-0.2, -0.15) is 5.10 Å². The number of Topliss-reactive ketones (excluding diaryl/α,β-unsaturated/α-hetero) is 1. The molecule has 3 nitrogen and oxygen atoms in total. The van der Waals surface area contributed by atoms with Gasteiger partial charge in [-0.25, -0.2) is 0 Å². The maximum atomic E-state index is 11.7. The third-order valence-corrected chi connectivity index (χ3v) is 3.27. The molecule has 0 aliphatic rings. The van der Waals surface area contributed by atoms with Gasteiger partial charge in [0.1, 0.15) is 6.54 Å². The molecule has 0 N–H and O–H groups in total. The maximum Gasteiger partial charge on any atom is 0.194 e. The van der Waals surface area contributed by atoms with E-state index in [1.165, 1.54) is 11.3 Å². The van der Waals surface area contributed by atoms with Crippen LogP contribution in [-0.4, -0.2) is 15.6 Å². The Balaban J connectivity index is 2.13. The number of hydrogen-bond donors (Lipinski definition) is 0. The standard InChI is InChI=1S/C10H9ClN2OS/c1-7-8(11)5-13(12-7)6-9(14)10-3-2-4-15-10/h2-5H,6H2,1H3. The molecule has 2 aromatic rings. The highest BCUT2D eigenvalue weighted by Crippen LogP contribution is 2.14. The first-order valence-corrected chi connectivity index (χ1v) is 5.69. The van der Waals surface area contributed by atoms with E-state index in [1.807, 2.05) is 24.4 Å². The second-order valence-electron chi connectivity index (χ2n) is 3.16. The van der Waals surface area contributed by atoms with E-state index in [-0.39, 0.29) is 12.3 Å². The van der Waals surface area contributed by atoms with Crippen LogP contribution in [0.5, 0.6) is 0 Å². The first-order chi connectivity index (χ1) is 7.16. The summed E-state index contributed by atoms with van der Waals surface area (Å²) >= 11 is 7.28. The molecule has 0 saturated heterocycles. The highest BCUT2D eigenvalue weighted by molar-refractivity contribution is 7.12. The van der Waals surface area contributed by atoms with Crippen molar-refractivity contribution in [2.24, 2.45) is 0 Å². The Morgan fingerprint density at radius 3 is 3.00 bits per heavy atom. The molecule has 2 rings (SSSR count). The minimum absolute atomic E-state index is 0.0594. The van der Waals surface area contributed by atoms with Crippen LogP contribution in [0.1, 0.15) is 15.4 Å². The van der Waals surface area contributed by atoms with Crippen LogP contribution in [0.4, 0.5) is 0 Å². The van der Waals surface area contributed by atoms with E-state index in [0.717, 1.165) is 10.6 Å². The fraction of sp³-hybridized carbons (Fsp3) is 0.200. The second-order valence-corrected chi connectivity index (χ2v) is 4.52. The van der Waals surface area contributed by atoms with E-state index in [4.69, 9.17) is 11.6 Å². The van der Waals surface area contributed by atoms with Gasteiger partial charge in [-0.05, 0) is 18.4 Å². The lowest BCUT2D eigenvalue weighted by molar-refractivity contribution is 0.0971. The van der Waals surface area contributed by atoms with Crippen molar-refractivity contribution in [2.75, 3.05) is 0 Å². The van der Waals surface area contributed by atoms with Crippen LogP contribution in [0.15, 0.2) is 23.7 Å². The maximum absolute atomic E-state index is 11.7. The molecule has 2 aromatic heterocycles. The van der Waals surface area contributed by atoms with Crippen LogP contribution in [0.3, 0.4) is 0 Å². The van der Waals surface area contributed by atoms with Crippen LogP contribution < -0.4 is 0 Å². The van der Waals surface area contributed by atoms with Crippen molar-refractivity contribution < 1.29 is 4.79 Å². The number of ketones is 1. The smallest absolute Gasteiger partial charge is 0.194 e. The van der Waals surface area contributed by atoms with Crippen molar-refractivity contribution >= 4 is 28.7 Å². The summed E-state index contributed by atoms with van der Waals surface area (Å²) in [6, 6.07) is 3.67. The summed E-state index contributed by atoms with van der Waals surface area (Å²) in [7, 11) is 0. The van der Waals surface area contributed by atoms with Crippen molar-refractivity contribution in [3.63, 3.8) is 0 Å². The third kappa shape index (κ3) is 2.27. The van der Waals surface area contributed by atoms with Crippen LogP contribution >= 0.6 is 22.9 Å². The SMILES string of the molecule is Cc1nn(CC(=O)c2cccs2)cc1Cl. The first-order valence-electron chi connectivity index (χ1n) is 4.43. The molecule has 78 valence electrons. The van der Waals surface area contributed by atoms with Gasteiger partial charge in [0, 0.05) is 6.20 Å². The highest BCUT2D eigenvalue weighted by atomic mass is 35.5. The molecule has 0 aromatic carbocycles. The predicted molar refractivity (Wildman–Crippen MR) is 60.6 cm³/mol. The highest BCUT2D eigenvalue weighted by Gasteiger charge is 2.09. The summed E-state index contributed by atoms with van der Waals surface area (Å²) < 4.78 is 1.57. The fourth-order valence-corrected chi connectivity index (χ4v) is 2.04. The summed E-state index contributed by atoms with van der Waals surface area (Å²) in [5, 5.41) is 6.60. The predicted octanol–water partition coefficient (Wildman–Crippen LogP) is 2.79. The van der Waals surface area contributed by atoms with Gasteiger partial charge < -0.3 is 0 Å². The van der Waals surface area contributed by atoms with Gasteiger partial charge in [0.05, 0.1) is 15.6 Å². The number of thiophene rings is 1. The summed E-state index contributed by atoms with van der Waals surface area (Å²) in [5.74, 6) is 0.0594. The molecule has 0 saturated carbocycles. The monoisotopic (exact) mass is 240 g/mol. The van der Waals surface area contributed by atoms with E-state index < -0.39 is 0 Å². The van der Waals surface area contributed by atoms with E-state index in [2.05, 4.69) is 5.10 Å². The number of hydrogen-bond acceptors (Lipinski definition) is 3. The number of carbonyl (C=O) groups is 1. The first kappa shape index (κ1) is 10.4. The average Bonchev–Trinajstić information content (AvgIpc) is 2.77. The lowest BCUT2D eigenvalue weighted by Crippen LogP contribution is -2.09. The van der Waals surface area contributed by atoms with Crippen LogP contribution in [0.25, 0.3) is 0 Å². The van der Waals surface area contributed by atoms with Crippen LogP contribution in [0, 0.1) is 6.92 Å². The Labute approximate surface area is 96.3 Å². The lowest BCUT2D eigenvalue weighted by atomic mass is 10.3. The van der Waals surface area contributed by atoms with Crippen LogP contribution in [-0.2, 0) is 6.54 Å². The second kappa shape index (κ2) is 4.16. The number of carbonyl (C=O) groups excluding carboxylic acids is 1. The van der Waals surface area contributed by atoms with Gasteiger partial charge in [0.25, 0.3) is 0 Å². The quantitative estimate of drug-likeness (QED) is 0.774. The number of aryl methyl sites for hydroxylation is 1. The van der Waals surface area contributed by atoms with Crippen molar-refractivity contribution in [3.05, 3.63) is 39.3 Å². The molecule has 0 fully saturated rings. The third-order valence-electron chi connectivity index (χ3n) is 1.99. The summed E-state index contributed by atoms with van der Waals surface area (Å²) in [6.45, 7) is 2.06. The molecule has 2 heterocycles. The summed E-state index contributed by atoms with van der Waals surface area (Å²) in [5.41, 5.74) is 0.746. The Hall–Kier alpha value is -1.13. The van der Waals surface area contributed by atoms with E-state index >= 15 is 0 Å². The Morgan fingerprint density at radius 2 is 2.47 bits per heavy atom. The minimum atomic E-state index is 0.0594. The summed E-state index contributed by atoms with van der Waals surface area (Å²) in [6.07, 6.45) is 1.67. The molecule has 0 atom stereocenters. The molecule has 0 radical (unpaired) electrons. The average molecular weight is 241 g/mol. The Bertz CT molecular complexity index is 456. The zero-order valence-electron chi connectivity index (χ0n) is 8.11.